The van der Waals surface area contributed by atoms with Gasteiger partial charge >= 0.3 is 6.18 Å². The van der Waals surface area contributed by atoms with Crippen molar-refractivity contribution in [3.63, 3.8) is 0 Å². The molecule has 0 amide bonds. The summed E-state index contributed by atoms with van der Waals surface area (Å²) >= 11 is 0. The van der Waals surface area contributed by atoms with Crippen LogP contribution in [0.3, 0.4) is 0 Å². The molecule has 0 aliphatic carbocycles. The van der Waals surface area contributed by atoms with Gasteiger partial charge in [0.05, 0.1) is 6.54 Å². The second kappa shape index (κ2) is 5.89. The highest BCUT2D eigenvalue weighted by Crippen LogP contribution is 2.19. The van der Waals surface area contributed by atoms with E-state index >= 15 is 0 Å². The number of hydrogen-bond donors (Lipinski definition) is 1. The molecule has 1 N–H and O–H groups in total. The fourth-order valence-corrected chi connectivity index (χ4v) is 1.79. The second-order valence-electron chi connectivity index (χ2n) is 4.28. The van der Waals surface area contributed by atoms with E-state index in [1.165, 1.54) is 0 Å². The Hall–Kier alpha value is -1.81. The molecule has 0 fully saturated rings. The third kappa shape index (κ3) is 4.41. The lowest BCUT2D eigenvalue weighted by Crippen LogP contribution is -2.28. The molecular formula is C15H14F3N. The first kappa shape index (κ1) is 13.6. The SMILES string of the molecule is FC(F)(F)CNCc1ccc(-c2ccccc2)cc1. The largest absolute Gasteiger partial charge is 0.401 e. The molecule has 0 saturated carbocycles. The summed E-state index contributed by atoms with van der Waals surface area (Å²) < 4.78 is 35.9. The molecule has 0 unspecified atom stereocenters. The monoisotopic (exact) mass is 265 g/mol. The number of rotatable bonds is 4. The lowest BCUT2D eigenvalue weighted by molar-refractivity contribution is -0.125. The third-order valence-electron chi connectivity index (χ3n) is 2.72. The Morgan fingerprint density at radius 2 is 1.37 bits per heavy atom. The normalized spacial score (nSPS) is 11.5. The van der Waals surface area contributed by atoms with Gasteiger partial charge in [-0.1, -0.05) is 54.6 Å². The molecule has 0 radical (unpaired) electrons. The lowest BCUT2D eigenvalue weighted by Gasteiger charge is -2.08. The maximum atomic E-state index is 12.0. The van der Waals surface area contributed by atoms with Gasteiger partial charge in [0.1, 0.15) is 0 Å². The summed E-state index contributed by atoms with van der Waals surface area (Å²) in [4.78, 5) is 0. The zero-order valence-corrected chi connectivity index (χ0v) is 10.2. The van der Waals surface area contributed by atoms with Crippen molar-refractivity contribution >= 4 is 0 Å². The Morgan fingerprint density at radius 3 is 1.95 bits per heavy atom. The average Bonchev–Trinajstić information content (AvgIpc) is 2.39. The van der Waals surface area contributed by atoms with Crippen molar-refractivity contribution in [3.8, 4) is 11.1 Å². The van der Waals surface area contributed by atoms with Crippen LogP contribution < -0.4 is 5.32 Å². The van der Waals surface area contributed by atoms with E-state index in [1.807, 2.05) is 54.6 Å². The van der Waals surface area contributed by atoms with Crippen LogP contribution in [-0.4, -0.2) is 12.7 Å². The standard InChI is InChI=1S/C15H14F3N/c16-15(17,18)11-19-10-12-6-8-14(9-7-12)13-4-2-1-3-5-13/h1-9,19H,10-11H2. The van der Waals surface area contributed by atoms with Crippen molar-refractivity contribution in [3.05, 3.63) is 60.2 Å². The van der Waals surface area contributed by atoms with Gasteiger partial charge in [-0.05, 0) is 16.7 Å². The van der Waals surface area contributed by atoms with E-state index in [9.17, 15) is 13.2 Å². The van der Waals surface area contributed by atoms with Crippen molar-refractivity contribution in [2.75, 3.05) is 6.54 Å². The minimum absolute atomic E-state index is 0.217. The third-order valence-corrected chi connectivity index (χ3v) is 2.72. The molecule has 1 nitrogen and oxygen atoms in total. The molecule has 0 spiro atoms. The molecule has 0 bridgehead atoms. The molecule has 0 heterocycles. The van der Waals surface area contributed by atoms with Gasteiger partial charge in [-0.3, -0.25) is 0 Å². The van der Waals surface area contributed by atoms with E-state index < -0.39 is 12.7 Å². The smallest absolute Gasteiger partial charge is 0.305 e. The van der Waals surface area contributed by atoms with Crippen molar-refractivity contribution < 1.29 is 13.2 Å². The van der Waals surface area contributed by atoms with Crippen molar-refractivity contribution in [2.45, 2.75) is 12.7 Å². The van der Waals surface area contributed by atoms with Gasteiger partial charge < -0.3 is 5.32 Å². The van der Waals surface area contributed by atoms with E-state index in [-0.39, 0.29) is 6.54 Å². The highest BCUT2D eigenvalue weighted by atomic mass is 19.4. The summed E-state index contributed by atoms with van der Waals surface area (Å²) in [7, 11) is 0. The van der Waals surface area contributed by atoms with E-state index in [2.05, 4.69) is 5.32 Å². The van der Waals surface area contributed by atoms with Gasteiger partial charge in [-0.25, -0.2) is 0 Å². The van der Waals surface area contributed by atoms with Crippen LogP contribution in [0, 0.1) is 0 Å². The highest BCUT2D eigenvalue weighted by molar-refractivity contribution is 5.63. The van der Waals surface area contributed by atoms with Crippen LogP contribution in [-0.2, 0) is 6.54 Å². The molecule has 0 aliphatic heterocycles. The van der Waals surface area contributed by atoms with Crippen molar-refractivity contribution in [1.29, 1.82) is 0 Å². The predicted molar refractivity (Wildman–Crippen MR) is 69.6 cm³/mol. The van der Waals surface area contributed by atoms with Gasteiger partial charge in [0.15, 0.2) is 0 Å². The Bertz CT molecular complexity index is 503. The Kier molecular flexibility index (Phi) is 4.22. The zero-order chi connectivity index (χ0) is 13.7. The average molecular weight is 265 g/mol. The number of alkyl halides is 3. The Balaban J connectivity index is 1.96. The van der Waals surface area contributed by atoms with E-state index in [4.69, 9.17) is 0 Å². The zero-order valence-electron chi connectivity index (χ0n) is 10.2. The number of nitrogens with one attached hydrogen (secondary N) is 1. The maximum absolute atomic E-state index is 12.0. The van der Waals surface area contributed by atoms with Crippen LogP contribution >= 0.6 is 0 Å². The molecule has 0 aliphatic rings. The van der Waals surface area contributed by atoms with Crippen LogP contribution in [0.2, 0.25) is 0 Å². The van der Waals surface area contributed by atoms with E-state index in [0.717, 1.165) is 16.7 Å². The topological polar surface area (TPSA) is 12.0 Å². The van der Waals surface area contributed by atoms with Crippen LogP contribution in [0.25, 0.3) is 11.1 Å². The summed E-state index contributed by atoms with van der Waals surface area (Å²) in [5.41, 5.74) is 2.99. The molecule has 0 saturated heterocycles. The fourth-order valence-electron chi connectivity index (χ4n) is 1.79. The van der Waals surface area contributed by atoms with Gasteiger partial charge in [-0.2, -0.15) is 13.2 Å². The molecular weight excluding hydrogens is 251 g/mol. The first-order valence-corrected chi connectivity index (χ1v) is 5.96. The van der Waals surface area contributed by atoms with Crippen LogP contribution in [0.4, 0.5) is 13.2 Å². The lowest BCUT2D eigenvalue weighted by atomic mass is 10.0. The molecule has 0 atom stereocenters. The van der Waals surface area contributed by atoms with Crippen LogP contribution in [0.5, 0.6) is 0 Å². The van der Waals surface area contributed by atoms with Gasteiger partial charge in [0.2, 0.25) is 0 Å². The molecule has 2 rings (SSSR count). The van der Waals surface area contributed by atoms with Gasteiger partial charge in [-0.15, -0.1) is 0 Å². The van der Waals surface area contributed by atoms with Crippen LogP contribution in [0.15, 0.2) is 54.6 Å². The molecule has 0 aromatic heterocycles. The highest BCUT2D eigenvalue weighted by Gasteiger charge is 2.25. The second-order valence-corrected chi connectivity index (χ2v) is 4.28. The number of hydrogen-bond acceptors (Lipinski definition) is 1. The summed E-state index contributed by atoms with van der Waals surface area (Å²) in [6, 6.07) is 17.4. The Morgan fingerprint density at radius 1 is 0.789 bits per heavy atom. The Labute approximate surface area is 110 Å². The maximum Gasteiger partial charge on any atom is 0.401 e. The first-order valence-electron chi connectivity index (χ1n) is 5.96. The molecule has 2 aromatic carbocycles. The predicted octanol–water partition coefficient (Wildman–Crippen LogP) is 4.01. The van der Waals surface area contributed by atoms with E-state index in [0.29, 0.717) is 0 Å². The molecule has 2 aromatic rings. The van der Waals surface area contributed by atoms with E-state index in [1.54, 1.807) is 0 Å². The quantitative estimate of drug-likeness (QED) is 0.880. The van der Waals surface area contributed by atoms with Crippen LogP contribution in [0.1, 0.15) is 5.56 Å². The summed E-state index contributed by atoms with van der Waals surface area (Å²) in [5.74, 6) is 0. The summed E-state index contributed by atoms with van der Waals surface area (Å²) in [6.07, 6.45) is -4.16. The molecule has 100 valence electrons. The number of benzene rings is 2. The first-order chi connectivity index (χ1) is 9.04. The van der Waals surface area contributed by atoms with Crippen molar-refractivity contribution in [1.82, 2.24) is 5.32 Å². The van der Waals surface area contributed by atoms with Crippen molar-refractivity contribution in [2.24, 2.45) is 0 Å². The fraction of sp³-hybridized carbons (Fsp3) is 0.200. The summed E-state index contributed by atoms with van der Waals surface area (Å²) in [5, 5.41) is 2.38. The minimum Gasteiger partial charge on any atom is -0.305 e. The molecule has 19 heavy (non-hydrogen) atoms. The minimum atomic E-state index is -4.16. The molecule has 4 heteroatoms. The number of halogens is 3. The van der Waals surface area contributed by atoms with Gasteiger partial charge in [0.25, 0.3) is 0 Å². The van der Waals surface area contributed by atoms with Gasteiger partial charge in [0, 0.05) is 6.54 Å². The summed E-state index contributed by atoms with van der Waals surface area (Å²) in [6.45, 7) is -0.748.